The Bertz CT molecular complexity index is 534. The molecule has 0 spiro atoms. The molecule has 2 heterocycles. The summed E-state index contributed by atoms with van der Waals surface area (Å²) in [7, 11) is 1.88. The maximum atomic E-state index is 9.37. The molecule has 1 aromatic heterocycles. The van der Waals surface area contributed by atoms with E-state index in [0.717, 1.165) is 17.1 Å². The zero-order chi connectivity index (χ0) is 11.1. The second-order valence-electron chi connectivity index (χ2n) is 3.97. The highest BCUT2D eigenvalue weighted by atomic mass is 16.5. The third-order valence-electron chi connectivity index (χ3n) is 2.91. The number of hydrogen-bond donors (Lipinski definition) is 1. The summed E-state index contributed by atoms with van der Waals surface area (Å²) in [6, 6.07) is 7.94. The van der Waals surface area contributed by atoms with Crippen molar-refractivity contribution in [1.29, 1.82) is 0 Å². The number of hydrogen-bond acceptors (Lipinski definition) is 3. The van der Waals surface area contributed by atoms with Gasteiger partial charge in [-0.25, -0.2) is 0 Å². The topological polar surface area (TPSA) is 47.3 Å². The molecule has 0 bridgehead atoms. The smallest absolute Gasteiger partial charge is 0.229 e. The fraction of sp³-hybridized carbons (Fsp3) is 0.250. The van der Waals surface area contributed by atoms with Gasteiger partial charge >= 0.3 is 0 Å². The standard InChI is InChI=1S/C12H12N2O2/c1-14-6-11(15)13-12(14)9-7-16-10-5-3-2-4-8(9)10/h2-6,9,15H,7H2,1H3. The average molecular weight is 216 g/mol. The summed E-state index contributed by atoms with van der Waals surface area (Å²) in [6.45, 7) is 0.587. The van der Waals surface area contributed by atoms with E-state index < -0.39 is 0 Å². The van der Waals surface area contributed by atoms with Crippen molar-refractivity contribution in [3.8, 4) is 11.6 Å². The number of para-hydroxylation sites is 1. The molecule has 0 aliphatic carbocycles. The van der Waals surface area contributed by atoms with E-state index in [1.54, 1.807) is 6.20 Å². The molecule has 4 nitrogen and oxygen atoms in total. The van der Waals surface area contributed by atoms with E-state index in [-0.39, 0.29) is 11.8 Å². The summed E-state index contributed by atoms with van der Waals surface area (Å²) in [6.07, 6.45) is 1.61. The number of aromatic hydroxyl groups is 1. The van der Waals surface area contributed by atoms with Crippen molar-refractivity contribution in [2.75, 3.05) is 6.61 Å². The van der Waals surface area contributed by atoms with Gasteiger partial charge in [-0.2, -0.15) is 4.98 Å². The third kappa shape index (κ3) is 1.26. The Morgan fingerprint density at radius 3 is 3.00 bits per heavy atom. The molecule has 1 atom stereocenters. The molecule has 0 saturated heterocycles. The van der Waals surface area contributed by atoms with E-state index in [0.29, 0.717) is 6.61 Å². The fourth-order valence-electron chi connectivity index (χ4n) is 2.16. The SMILES string of the molecule is Cn1cc(O)nc1C1COc2ccccc21. The molecule has 4 heteroatoms. The predicted molar refractivity (Wildman–Crippen MR) is 58.7 cm³/mol. The summed E-state index contributed by atoms with van der Waals surface area (Å²) in [5.41, 5.74) is 1.14. The summed E-state index contributed by atoms with van der Waals surface area (Å²) in [4.78, 5) is 4.13. The van der Waals surface area contributed by atoms with Crippen LogP contribution in [0.5, 0.6) is 11.6 Å². The highest BCUT2D eigenvalue weighted by molar-refractivity contribution is 5.43. The second kappa shape index (κ2) is 3.27. The van der Waals surface area contributed by atoms with Gasteiger partial charge in [0.1, 0.15) is 18.2 Å². The molecule has 0 radical (unpaired) electrons. The summed E-state index contributed by atoms with van der Waals surface area (Å²) < 4.78 is 7.43. The molecule has 82 valence electrons. The van der Waals surface area contributed by atoms with E-state index in [9.17, 15) is 5.11 Å². The van der Waals surface area contributed by atoms with E-state index in [2.05, 4.69) is 4.98 Å². The predicted octanol–water partition coefficient (Wildman–Crippen LogP) is 1.65. The van der Waals surface area contributed by atoms with E-state index in [4.69, 9.17) is 4.74 Å². The number of aromatic nitrogens is 2. The van der Waals surface area contributed by atoms with Gasteiger partial charge in [-0.15, -0.1) is 0 Å². The molecular weight excluding hydrogens is 204 g/mol. The summed E-state index contributed by atoms with van der Waals surface area (Å²) in [5, 5.41) is 9.37. The number of rotatable bonds is 1. The molecule has 2 aromatic rings. The lowest BCUT2D eigenvalue weighted by Crippen LogP contribution is -2.08. The van der Waals surface area contributed by atoms with Crippen LogP contribution in [-0.4, -0.2) is 21.3 Å². The lowest BCUT2D eigenvalue weighted by atomic mass is 10.0. The molecule has 1 N–H and O–H groups in total. The number of imidazole rings is 1. The Hall–Kier alpha value is -1.97. The molecule has 0 fully saturated rings. The van der Waals surface area contributed by atoms with Crippen molar-refractivity contribution >= 4 is 0 Å². The van der Waals surface area contributed by atoms with Crippen LogP contribution in [-0.2, 0) is 7.05 Å². The minimum Gasteiger partial charge on any atom is -0.492 e. The zero-order valence-electron chi connectivity index (χ0n) is 8.92. The van der Waals surface area contributed by atoms with E-state index in [1.807, 2.05) is 35.9 Å². The number of nitrogens with zero attached hydrogens (tertiary/aromatic N) is 2. The van der Waals surface area contributed by atoms with Crippen LogP contribution in [0.1, 0.15) is 17.3 Å². The molecular formula is C12H12N2O2. The number of fused-ring (bicyclic) bond motifs is 1. The van der Waals surface area contributed by atoms with Crippen LogP contribution in [0.3, 0.4) is 0 Å². The first kappa shape index (κ1) is 9.27. The minimum atomic E-state index is 0.0573. The monoisotopic (exact) mass is 216 g/mol. The van der Waals surface area contributed by atoms with Gasteiger partial charge in [-0.1, -0.05) is 18.2 Å². The number of benzene rings is 1. The van der Waals surface area contributed by atoms with Crippen molar-refractivity contribution in [3.05, 3.63) is 41.9 Å². The van der Waals surface area contributed by atoms with Gasteiger partial charge in [0.25, 0.3) is 0 Å². The maximum Gasteiger partial charge on any atom is 0.229 e. The largest absolute Gasteiger partial charge is 0.492 e. The molecule has 1 unspecified atom stereocenters. The third-order valence-corrected chi connectivity index (χ3v) is 2.91. The Balaban J connectivity index is 2.08. The lowest BCUT2D eigenvalue weighted by Gasteiger charge is -2.07. The minimum absolute atomic E-state index is 0.0573. The Morgan fingerprint density at radius 1 is 1.44 bits per heavy atom. The zero-order valence-corrected chi connectivity index (χ0v) is 8.92. The first-order chi connectivity index (χ1) is 7.75. The quantitative estimate of drug-likeness (QED) is 0.788. The maximum absolute atomic E-state index is 9.37. The van der Waals surface area contributed by atoms with Gasteiger partial charge in [0.15, 0.2) is 0 Å². The van der Waals surface area contributed by atoms with Crippen LogP contribution >= 0.6 is 0 Å². The van der Waals surface area contributed by atoms with Crippen molar-refractivity contribution in [3.63, 3.8) is 0 Å². The Labute approximate surface area is 93.1 Å². The van der Waals surface area contributed by atoms with Gasteiger partial charge in [0.05, 0.1) is 12.1 Å². The normalized spacial score (nSPS) is 18.2. The van der Waals surface area contributed by atoms with Crippen LogP contribution in [0.25, 0.3) is 0 Å². The average Bonchev–Trinajstić information content (AvgIpc) is 2.81. The highest BCUT2D eigenvalue weighted by Crippen LogP contribution is 2.37. The van der Waals surface area contributed by atoms with Crippen LogP contribution in [0.15, 0.2) is 30.5 Å². The van der Waals surface area contributed by atoms with Crippen molar-refractivity contribution < 1.29 is 9.84 Å². The lowest BCUT2D eigenvalue weighted by molar-refractivity contribution is 0.338. The van der Waals surface area contributed by atoms with Crippen LogP contribution in [0.2, 0.25) is 0 Å². The van der Waals surface area contributed by atoms with E-state index in [1.165, 1.54) is 0 Å². The second-order valence-corrected chi connectivity index (χ2v) is 3.97. The Kier molecular flexibility index (Phi) is 1.89. The molecule has 3 rings (SSSR count). The number of aryl methyl sites for hydroxylation is 1. The molecule has 16 heavy (non-hydrogen) atoms. The molecule has 1 aliphatic rings. The fourth-order valence-corrected chi connectivity index (χ4v) is 2.16. The Morgan fingerprint density at radius 2 is 2.25 bits per heavy atom. The van der Waals surface area contributed by atoms with Gasteiger partial charge < -0.3 is 14.4 Å². The van der Waals surface area contributed by atoms with E-state index >= 15 is 0 Å². The van der Waals surface area contributed by atoms with Crippen LogP contribution in [0.4, 0.5) is 0 Å². The highest BCUT2D eigenvalue weighted by Gasteiger charge is 2.28. The molecule has 1 aromatic carbocycles. The van der Waals surface area contributed by atoms with Gasteiger partial charge in [-0.05, 0) is 6.07 Å². The van der Waals surface area contributed by atoms with Crippen LogP contribution < -0.4 is 4.74 Å². The molecule has 0 saturated carbocycles. The van der Waals surface area contributed by atoms with Crippen molar-refractivity contribution in [1.82, 2.24) is 9.55 Å². The summed E-state index contributed by atoms with van der Waals surface area (Å²) in [5.74, 6) is 1.92. The first-order valence-corrected chi connectivity index (χ1v) is 5.19. The molecule has 0 amide bonds. The van der Waals surface area contributed by atoms with Crippen molar-refractivity contribution in [2.45, 2.75) is 5.92 Å². The van der Waals surface area contributed by atoms with Gasteiger partial charge in [0.2, 0.25) is 5.88 Å². The molecule has 1 aliphatic heterocycles. The van der Waals surface area contributed by atoms with Crippen LogP contribution in [0, 0.1) is 0 Å². The number of ether oxygens (including phenoxy) is 1. The van der Waals surface area contributed by atoms with Gasteiger partial charge in [-0.3, -0.25) is 0 Å². The van der Waals surface area contributed by atoms with Crippen molar-refractivity contribution in [2.24, 2.45) is 7.05 Å². The summed E-state index contributed by atoms with van der Waals surface area (Å²) >= 11 is 0. The first-order valence-electron chi connectivity index (χ1n) is 5.19. The van der Waals surface area contributed by atoms with Gasteiger partial charge in [0, 0.05) is 12.6 Å².